The number of nitrogens with one attached hydrogen (secondary N) is 1. The number of halogens is 2. The lowest BCUT2D eigenvalue weighted by atomic mass is 10.0. The van der Waals surface area contributed by atoms with Crippen molar-refractivity contribution in [1.29, 1.82) is 0 Å². The molecule has 4 rings (SSSR count). The molecule has 0 aliphatic carbocycles. The summed E-state index contributed by atoms with van der Waals surface area (Å²) in [5.41, 5.74) is -1.53. The smallest absolute Gasteiger partial charge is 0.274 e. The number of aromatic nitrogens is 1. The number of pyridine rings is 1. The number of aromatic hydroxyl groups is 1. The van der Waals surface area contributed by atoms with E-state index in [1.54, 1.807) is 12.0 Å². The van der Waals surface area contributed by atoms with Gasteiger partial charge in [-0.1, -0.05) is 6.07 Å². The Balaban J connectivity index is 1.71. The van der Waals surface area contributed by atoms with Gasteiger partial charge in [-0.05, 0) is 25.8 Å². The van der Waals surface area contributed by atoms with Gasteiger partial charge in [-0.25, -0.2) is 8.78 Å². The van der Waals surface area contributed by atoms with E-state index in [1.807, 2.05) is 6.92 Å². The highest BCUT2D eigenvalue weighted by molar-refractivity contribution is 5.99. The maximum atomic E-state index is 13.9. The van der Waals surface area contributed by atoms with Crippen LogP contribution in [0.15, 0.2) is 29.2 Å². The van der Waals surface area contributed by atoms with E-state index in [0.29, 0.717) is 25.5 Å². The third-order valence-electron chi connectivity index (χ3n) is 6.25. The van der Waals surface area contributed by atoms with Crippen molar-refractivity contribution in [2.24, 2.45) is 0 Å². The van der Waals surface area contributed by atoms with Gasteiger partial charge in [0.1, 0.15) is 17.2 Å². The zero-order valence-electron chi connectivity index (χ0n) is 17.6. The van der Waals surface area contributed by atoms with Gasteiger partial charge in [-0.2, -0.15) is 0 Å². The molecule has 2 N–H and O–H groups in total. The average Bonchev–Trinajstić information content (AvgIpc) is 2.90. The van der Waals surface area contributed by atoms with Crippen molar-refractivity contribution in [3.8, 4) is 5.75 Å². The van der Waals surface area contributed by atoms with Crippen molar-refractivity contribution in [3.63, 3.8) is 0 Å². The lowest BCUT2D eigenvalue weighted by Gasteiger charge is -2.38. The van der Waals surface area contributed by atoms with Crippen molar-refractivity contribution in [3.05, 3.63) is 63.1 Å². The van der Waals surface area contributed by atoms with Crippen molar-refractivity contribution in [2.75, 3.05) is 13.7 Å². The number of rotatable bonds is 4. The predicted octanol–water partition coefficient (Wildman–Crippen LogP) is 1.96. The van der Waals surface area contributed by atoms with Crippen molar-refractivity contribution in [1.82, 2.24) is 14.8 Å². The molecule has 1 fully saturated rings. The Hall–Kier alpha value is -3.27. The molecule has 2 aliphatic heterocycles. The SMILES string of the molecule is COC1CCC(C)N2CC1n1cc(C(=O)NCc3ccc(F)cc3F)c(=O)c(O)c1C2=O. The van der Waals surface area contributed by atoms with E-state index < -0.39 is 40.7 Å². The fourth-order valence-electron chi connectivity index (χ4n) is 4.40. The van der Waals surface area contributed by atoms with Crippen LogP contribution in [-0.2, 0) is 11.3 Å². The lowest BCUT2D eigenvalue weighted by Crippen LogP contribution is -2.49. The fraction of sp³-hybridized carbons (Fsp3) is 0.409. The van der Waals surface area contributed by atoms with Crippen LogP contribution in [0.25, 0.3) is 0 Å². The normalized spacial score (nSPS) is 22.3. The Kier molecular flexibility index (Phi) is 5.72. The number of amides is 2. The molecule has 3 unspecified atom stereocenters. The Morgan fingerprint density at radius 3 is 2.72 bits per heavy atom. The molecule has 2 amide bonds. The van der Waals surface area contributed by atoms with Crippen LogP contribution in [0.4, 0.5) is 8.78 Å². The van der Waals surface area contributed by atoms with Crippen LogP contribution in [0.5, 0.6) is 5.75 Å². The highest BCUT2D eigenvalue weighted by Crippen LogP contribution is 2.35. The minimum atomic E-state index is -0.997. The van der Waals surface area contributed by atoms with Crippen LogP contribution in [-0.4, -0.2) is 52.2 Å². The van der Waals surface area contributed by atoms with Gasteiger partial charge >= 0.3 is 0 Å². The molecule has 10 heteroatoms. The molecule has 0 saturated carbocycles. The molecule has 0 spiro atoms. The van der Waals surface area contributed by atoms with Gasteiger partial charge in [-0.3, -0.25) is 14.4 Å². The lowest BCUT2D eigenvalue weighted by molar-refractivity contribution is 0.0330. The Bertz CT molecular complexity index is 1150. The first-order chi connectivity index (χ1) is 15.2. The summed E-state index contributed by atoms with van der Waals surface area (Å²) in [5, 5.41) is 13.0. The standard InChI is InChI=1S/C22H23F2N3O5/c1-11-3-6-17(32-2)16-10-26(11)22(31)18-20(29)19(28)14(9-27(16)18)21(30)25-8-12-4-5-13(23)7-15(12)24/h4-5,7,9,11,16-17,29H,3,6,8,10H2,1-2H3,(H,25,30). The summed E-state index contributed by atoms with van der Waals surface area (Å²) in [6, 6.07) is 2.44. The Labute approximate surface area is 182 Å². The number of hydrogen-bond donors (Lipinski definition) is 2. The number of carbonyl (C=O) groups excluding carboxylic acids is 2. The van der Waals surface area contributed by atoms with Crippen LogP contribution >= 0.6 is 0 Å². The molecule has 1 aromatic carbocycles. The minimum Gasteiger partial charge on any atom is -0.503 e. The highest BCUT2D eigenvalue weighted by Gasteiger charge is 2.42. The Morgan fingerprint density at radius 1 is 1.28 bits per heavy atom. The molecule has 1 aromatic heterocycles. The topological polar surface area (TPSA) is 101 Å². The average molecular weight is 447 g/mol. The molecule has 2 aliphatic rings. The second-order valence-corrected chi connectivity index (χ2v) is 8.12. The number of benzene rings is 1. The number of fused-ring (bicyclic) bond motifs is 4. The molecule has 0 radical (unpaired) electrons. The van der Waals surface area contributed by atoms with Gasteiger partial charge in [0, 0.05) is 44.1 Å². The summed E-state index contributed by atoms with van der Waals surface area (Å²) in [6.07, 6.45) is 2.30. The maximum Gasteiger partial charge on any atom is 0.274 e. The number of ether oxygens (including phenoxy) is 1. The predicted molar refractivity (Wildman–Crippen MR) is 109 cm³/mol. The van der Waals surface area contributed by atoms with Crippen LogP contribution < -0.4 is 10.7 Å². The number of methoxy groups -OCH3 is 1. The number of nitrogens with zero attached hydrogens (tertiary/aromatic N) is 2. The van der Waals surface area contributed by atoms with E-state index in [2.05, 4.69) is 5.32 Å². The first-order valence-corrected chi connectivity index (χ1v) is 10.3. The fourth-order valence-corrected chi connectivity index (χ4v) is 4.40. The summed E-state index contributed by atoms with van der Waals surface area (Å²) >= 11 is 0. The molecule has 1 saturated heterocycles. The molecule has 32 heavy (non-hydrogen) atoms. The second-order valence-electron chi connectivity index (χ2n) is 8.12. The third-order valence-corrected chi connectivity index (χ3v) is 6.25. The number of carbonyl (C=O) groups is 2. The molecule has 2 aromatic rings. The summed E-state index contributed by atoms with van der Waals surface area (Å²) < 4.78 is 34.0. The van der Waals surface area contributed by atoms with E-state index in [-0.39, 0.29) is 35.5 Å². The van der Waals surface area contributed by atoms with E-state index in [9.17, 15) is 28.3 Å². The van der Waals surface area contributed by atoms with Gasteiger partial charge in [0.05, 0.1) is 12.1 Å². The van der Waals surface area contributed by atoms with Crippen LogP contribution in [0, 0.1) is 11.6 Å². The van der Waals surface area contributed by atoms with Crippen LogP contribution in [0.3, 0.4) is 0 Å². The second kappa shape index (κ2) is 8.34. The molecule has 8 nitrogen and oxygen atoms in total. The molecule has 3 atom stereocenters. The maximum absolute atomic E-state index is 13.9. The van der Waals surface area contributed by atoms with Crippen molar-refractivity contribution < 1.29 is 28.2 Å². The number of hydrogen-bond acceptors (Lipinski definition) is 5. The first kappa shape index (κ1) is 21.9. The van der Waals surface area contributed by atoms with Crippen molar-refractivity contribution in [2.45, 2.75) is 44.5 Å². The minimum absolute atomic E-state index is 0.0325. The quantitative estimate of drug-likeness (QED) is 0.746. The molecule has 3 heterocycles. The van der Waals surface area contributed by atoms with E-state index in [0.717, 1.165) is 6.07 Å². The molecular weight excluding hydrogens is 424 g/mol. The van der Waals surface area contributed by atoms with Gasteiger partial charge in [0.25, 0.3) is 11.8 Å². The van der Waals surface area contributed by atoms with Gasteiger partial charge in [0.2, 0.25) is 5.43 Å². The monoisotopic (exact) mass is 447 g/mol. The molecule has 170 valence electrons. The summed E-state index contributed by atoms with van der Waals surface area (Å²) in [6.45, 7) is 1.92. The zero-order valence-corrected chi connectivity index (χ0v) is 17.6. The summed E-state index contributed by atoms with van der Waals surface area (Å²) in [7, 11) is 1.55. The highest BCUT2D eigenvalue weighted by atomic mass is 19.1. The summed E-state index contributed by atoms with van der Waals surface area (Å²) in [4.78, 5) is 40.1. The van der Waals surface area contributed by atoms with Crippen LogP contribution in [0.1, 0.15) is 52.2 Å². The molecule has 2 bridgehead atoms. The van der Waals surface area contributed by atoms with Crippen LogP contribution in [0.2, 0.25) is 0 Å². The van der Waals surface area contributed by atoms with Gasteiger partial charge < -0.3 is 24.6 Å². The third kappa shape index (κ3) is 3.64. The Morgan fingerprint density at radius 2 is 2.03 bits per heavy atom. The zero-order chi connectivity index (χ0) is 23.2. The molecular formula is C22H23F2N3O5. The van der Waals surface area contributed by atoms with Gasteiger partial charge in [-0.15, -0.1) is 0 Å². The van der Waals surface area contributed by atoms with E-state index in [1.165, 1.54) is 16.8 Å². The van der Waals surface area contributed by atoms with E-state index in [4.69, 9.17) is 4.74 Å². The summed E-state index contributed by atoms with van der Waals surface area (Å²) in [5.74, 6) is -3.74. The largest absolute Gasteiger partial charge is 0.503 e. The van der Waals surface area contributed by atoms with E-state index >= 15 is 0 Å². The first-order valence-electron chi connectivity index (χ1n) is 10.3. The van der Waals surface area contributed by atoms with Gasteiger partial charge in [0.15, 0.2) is 11.4 Å². The van der Waals surface area contributed by atoms with Crippen molar-refractivity contribution >= 4 is 11.8 Å².